The molecule has 0 heterocycles. The van der Waals surface area contributed by atoms with Crippen molar-refractivity contribution in [1.82, 2.24) is 4.72 Å². The fourth-order valence-electron chi connectivity index (χ4n) is 2.04. The van der Waals surface area contributed by atoms with E-state index in [1.165, 1.54) is 0 Å². The third-order valence-electron chi connectivity index (χ3n) is 2.91. The quantitative estimate of drug-likeness (QED) is 0.835. The molecule has 0 fully saturated rings. The zero-order valence-corrected chi connectivity index (χ0v) is 13.0. The molecule has 0 atom stereocenters. The van der Waals surface area contributed by atoms with E-state index in [0.29, 0.717) is 0 Å². The number of sulfonamides is 1. The Hall–Kier alpha value is -1.85. The first-order chi connectivity index (χ1) is 9.97. The van der Waals surface area contributed by atoms with Crippen LogP contribution in [0.5, 0.6) is 5.75 Å². The maximum absolute atomic E-state index is 12.0. The van der Waals surface area contributed by atoms with Gasteiger partial charge in [0.2, 0.25) is 10.0 Å². The van der Waals surface area contributed by atoms with Gasteiger partial charge >= 0.3 is 0 Å². The lowest BCUT2D eigenvalue weighted by atomic mass is 10.1. The summed E-state index contributed by atoms with van der Waals surface area (Å²) in [7, 11) is -3.46. The second-order valence-corrected chi connectivity index (χ2v) is 6.65. The minimum absolute atomic E-state index is 0.226. The molecule has 0 radical (unpaired) electrons. The Balaban J connectivity index is 1.87. The molecule has 0 saturated heterocycles. The van der Waals surface area contributed by atoms with Crippen LogP contribution in [0.15, 0.2) is 53.4 Å². The summed E-state index contributed by atoms with van der Waals surface area (Å²) in [6.45, 7) is 4.51. The van der Waals surface area contributed by atoms with Crippen LogP contribution in [0, 0.1) is 13.8 Å². The molecule has 0 amide bonds. The fraction of sp³-hybridized carbons (Fsp3) is 0.250. The first-order valence-electron chi connectivity index (χ1n) is 6.73. The predicted molar refractivity (Wildman–Crippen MR) is 83.0 cm³/mol. The normalized spacial score (nSPS) is 11.3. The van der Waals surface area contributed by atoms with Gasteiger partial charge in [-0.25, -0.2) is 13.1 Å². The summed E-state index contributed by atoms with van der Waals surface area (Å²) in [5.74, 6) is 0.756. The summed E-state index contributed by atoms with van der Waals surface area (Å²) in [5, 5.41) is 0. The number of hydrogen-bond acceptors (Lipinski definition) is 3. The van der Waals surface area contributed by atoms with Crippen LogP contribution in [0.3, 0.4) is 0 Å². The molecule has 21 heavy (non-hydrogen) atoms. The van der Waals surface area contributed by atoms with E-state index in [9.17, 15) is 8.42 Å². The van der Waals surface area contributed by atoms with Gasteiger partial charge in [0.1, 0.15) is 12.4 Å². The zero-order chi connectivity index (χ0) is 15.3. The van der Waals surface area contributed by atoms with Crippen LogP contribution < -0.4 is 9.46 Å². The highest BCUT2D eigenvalue weighted by molar-refractivity contribution is 7.89. The third kappa shape index (κ3) is 4.58. The number of nitrogens with one attached hydrogen (secondary N) is 1. The zero-order valence-electron chi connectivity index (χ0n) is 12.2. The molecule has 0 aliphatic carbocycles. The van der Waals surface area contributed by atoms with Gasteiger partial charge in [0.25, 0.3) is 0 Å². The lowest BCUT2D eigenvalue weighted by Crippen LogP contribution is -2.28. The Morgan fingerprint density at radius 1 is 1.00 bits per heavy atom. The molecule has 2 rings (SSSR count). The van der Waals surface area contributed by atoms with Crippen molar-refractivity contribution in [3.8, 4) is 5.75 Å². The molecule has 0 aliphatic heterocycles. The summed E-state index contributed by atoms with van der Waals surface area (Å²) in [4.78, 5) is 0.261. The molecular weight excluding hydrogens is 286 g/mol. The standard InChI is InChI=1S/C16H19NO3S/c1-13-10-14(2)12-15(11-13)20-9-8-17-21(18,19)16-6-4-3-5-7-16/h3-7,10-12,17H,8-9H2,1-2H3. The molecule has 5 heteroatoms. The monoisotopic (exact) mass is 305 g/mol. The molecule has 112 valence electrons. The Labute approximate surface area is 125 Å². The second-order valence-electron chi connectivity index (χ2n) is 4.88. The fourth-order valence-corrected chi connectivity index (χ4v) is 3.08. The van der Waals surface area contributed by atoms with Gasteiger partial charge in [0.15, 0.2) is 0 Å². The summed E-state index contributed by atoms with van der Waals surface area (Å²) >= 11 is 0. The maximum Gasteiger partial charge on any atom is 0.240 e. The number of aryl methyl sites for hydroxylation is 2. The van der Waals surface area contributed by atoms with Crippen molar-refractivity contribution in [2.45, 2.75) is 18.7 Å². The Morgan fingerprint density at radius 3 is 2.24 bits per heavy atom. The topological polar surface area (TPSA) is 55.4 Å². The molecule has 0 aromatic heterocycles. The van der Waals surface area contributed by atoms with E-state index in [0.717, 1.165) is 16.9 Å². The predicted octanol–water partition coefficient (Wildman–Crippen LogP) is 2.66. The highest BCUT2D eigenvalue weighted by Crippen LogP contribution is 2.16. The van der Waals surface area contributed by atoms with Crippen molar-refractivity contribution >= 4 is 10.0 Å². The van der Waals surface area contributed by atoms with Gasteiger partial charge in [-0.3, -0.25) is 0 Å². The van der Waals surface area contributed by atoms with Crippen molar-refractivity contribution < 1.29 is 13.2 Å². The first kappa shape index (κ1) is 15.5. The molecule has 0 aliphatic rings. The van der Waals surface area contributed by atoms with Crippen LogP contribution in [-0.2, 0) is 10.0 Å². The summed E-state index contributed by atoms with van der Waals surface area (Å²) in [6.07, 6.45) is 0. The van der Waals surface area contributed by atoms with Crippen LogP contribution in [0.2, 0.25) is 0 Å². The Bertz CT molecular complexity index is 676. The lowest BCUT2D eigenvalue weighted by molar-refractivity contribution is 0.322. The van der Waals surface area contributed by atoms with Gasteiger partial charge in [-0.15, -0.1) is 0 Å². The molecule has 2 aromatic carbocycles. The van der Waals surface area contributed by atoms with E-state index in [4.69, 9.17) is 4.74 Å². The highest BCUT2D eigenvalue weighted by Gasteiger charge is 2.12. The number of benzene rings is 2. The highest BCUT2D eigenvalue weighted by atomic mass is 32.2. The Kier molecular flexibility index (Phi) is 4.98. The molecule has 0 bridgehead atoms. The minimum Gasteiger partial charge on any atom is -0.492 e. The van der Waals surface area contributed by atoms with Crippen LogP contribution in [0.1, 0.15) is 11.1 Å². The number of rotatable bonds is 6. The molecule has 1 N–H and O–H groups in total. The summed E-state index contributed by atoms with van der Waals surface area (Å²) in [6, 6.07) is 14.2. The van der Waals surface area contributed by atoms with Crippen molar-refractivity contribution in [2.75, 3.05) is 13.2 Å². The molecule has 0 saturated carbocycles. The van der Waals surface area contributed by atoms with Crippen LogP contribution in [-0.4, -0.2) is 21.6 Å². The van der Waals surface area contributed by atoms with E-state index in [1.54, 1.807) is 30.3 Å². The van der Waals surface area contributed by atoms with Crippen molar-refractivity contribution in [1.29, 1.82) is 0 Å². The lowest BCUT2D eigenvalue weighted by Gasteiger charge is -2.09. The van der Waals surface area contributed by atoms with Crippen LogP contribution in [0.25, 0.3) is 0 Å². The van der Waals surface area contributed by atoms with Gasteiger partial charge in [0, 0.05) is 6.54 Å². The second kappa shape index (κ2) is 6.74. The van der Waals surface area contributed by atoms with Gasteiger partial charge in [-0.05, 0) is 49.2 Å². The van der Waals surface area contributed by atoms with Crippen LogP contribution >= 0.6 is 0 Å². The minimum atomic E-state index is -3.46. The van der Waals surface area contributed by atoms with Crippen molar-refractivity contribution in [3.05, 3.63) is 59.7 Å². The first-order valence-corrected chi connectivity index (χ1v) is 8.21. The van der Waals surface area contributed by atoms with Gasteiger partial charge in [-0.2, -0.15) is 0 Å². The average molecular weight is 305 g/mol. The van der Waals surface area contributed by atoms with Gasteiger partial charge in [-0.1, -0.05) is 24.3 Å². The van der Waals surface area contributed by atoms with Crippen molar-refractivity contribution in [2.24, 2.45) is 0 Å². The number of hydrogen-bond donors (Lipinski definition) is 1. The van der Waals surface area contributed by atoms with E-state index in [-0.39, 0.29) is 18.0 Å². The van der Waals surface area contributed by atoms with Crippen molar-refractivity contribution in [3.63, 3.8) is 0 Å². The largest absolute Gasteiger partial charge is 0.492 e. The average Bonchev–Trinajstić information content (AvgIpc) is 2.44. The number of ether oxygens (including phenoxy) is 1. The van der Waals surface area contributed by atoms with E-state index in [1.807, 2.05) is 26.0 Å². The van der Waals surface area contributed by atoms with E-state index in [2.05, 4.69) is 10.8 Å². The molecular formula is C16H19NO3S. The van der Waals surface area contributed by atoms with Gasteiger partial charge < -0.3 is 4.74 Å². The third-order valence-corrected chi connectivity index (χ3v) is 4.39. The SMILES string of the molecule is Cc1cc(C)cc(OCCNS(=O)(=O)c2ccccc2)c1. The maximum atomic E-state index is 12.0. The molecule has 2 aromatic rings. The smallest absolute Gasteiger partial charge is 0.240 e. The summed E-state index contributed by atoms with van der Waals surface area (Å²) < 4.78 is 32.1. The van der Waals surface area contributed by atoms with Crippen LogP contribution in [0.4, 0.5) is 0 Å². The van der Waals surface area contributed by atoms with E-state index >= 15 is 0 Å². The molecule has 0 spiro atoms. The Morgan fingerprint density at radius 2 is 1.62 bits per heavy atom. The van der Waals surface area contributed by atoms with E-state index < -0.39 is 10.0 Å². The van der Waals surface area contributed by atoms with Gasteiger partial charge in [0.05, 0.1) is 4.90 Å². The molecule has 0 unspecified atom stereocenters. The molecule has 4 nitrogen and oxygen atoms in total. The summed E-state index contributed by atoms with van der Waals surface area (Å²) in [5.41, 5.74) is 2.24.